The predicted octanol–water partition coefficient (Wildman–Crippen LogP) is 15.9. The highest BCUT2D eigenvalue weighted by Crippen LogP contribution is 2.14. The van der Waals surface area contributed by atoms with E-state index >= 15 is 0 Å². The van der Waals surface area contributed by atoms with Crippen molar-refractivity contribution in [2.45, 2.75) is 206 Å². The average molecular weight is 1040 g/mol. The number of quaternary nitrogens is 1. The summed E-state index contributed by atoms with van der Waals surface area (Å²) >= 11 is 0. The van der Waals surface area contributed by atoms with Crippen LogP contribution < -0.4 is 5.11 Å². The second kappa shape index (κ2) is 55.4. The van der Waals surface area contributed by atoms with Gasteiger partial charge in [-0.3, -0.25) is 9.59 Å². The maximum atomic E-state index is 12.9. The summed E-state index contributed by atoms with van der Waals surface area (Å²) in [6, 6.07) is 0. The van der Waals surface area contributed by atoms with Gasteiger partial charge in [0.15, 0.2) is 12.4 Å². The van der Waals surface area contributed by atoms with E-state index in [0.29, 0.717) is 23.9 Å². The first kappa shape index (κ1) is 70.2. The number of rotatable bonds is 51. The first-order valence-electron chi connectivity index (χ1n) is 29.0. The van der Waals surface area contributed by atoms with Crippen molar-refractivity contribution in [3.63, 3.8) is 0 Å². The van der Waals surface area contributed by atoms with Crippen molar-refractivity contribution in [1.82, 2.24) is 0 Å². The van der Waals surface area contributed by atoms with Crippen molar-refractivity contribution >= 4 is 17.9 Å². The number of unbranched alkanes of at least 4 members (excludes halogenated alkanes) is 12. The largest absolute Gasteiger partial charge is 0.545 e. The molecule has 0 fully saturated rings. The van der Waals surface area contributed by atoms with Gasteiger partial charge >= 0.3 is 11.9 Å². The fourth-order valence-corrected chi connectivity index (χ4v) is 7.20. The summed E-state index contributed by atoms with van der Waals surface area (Å²) in [4.78, 5) is 37.2. The van der Waals surface area contributed by atoms with Gasteiger partial charge in [0.1, 0.15) is 13.2 Å². The topological polar surface area (TPSA) is 111 Å². The molecule has 0 bridgehead atoms. The number of hydrogen-bond acceptors (Lipinski definition) is 8. The van der Waals surface area contributed by atoms with E-state index < -0.39 is 30.3 Å². The molecule has 0 aromatic heterocycles. The molecule has 422 valence electrons. The number of carboxylic acids is 1. The lowest BCUT2D eigenvalue weighted by atomic mass is 10.0. The highest BCUT2D eigenvalue weighted by Gasteiger charge is 2.21. The van der Waals surface area contributed by atoms with Crippen LogP contribution in [0.2, 0.25) is 0 Å². The van der Waals surface area contributed by atoms with Crippen molar-refractivity contribution in [1.29, 1.82) is 0 Å². The maximum absolute atomic E-state index is 12.9. The van der Waals surface area contributed by atoms with Crippen LogP contribution in [-0.4, -0.2) is 82.3 Å². The van der Waals surface area contributed by atoms with Crippen LogP contribution in [0.3, 0.4) is 0 Å². The Kier molecular flexibility index (Phi) is 51.8. The highest BCUT2D eigenvalue weighted by molar-refractivity contribution is 5.70. The Balaban J connectivity index is 4.29. The molecule has 0 saturated heterocycles. The van der Waals surface area contributed by atoms with Crippen LogP contribution in [0, 0.1) is 0 Å². The van der Waals surface area contributed by atoms with Gasteiger partial charge in [0, 0.05) is 12.8 Å². The van der Waals surface area contributed by atoms with Gasteiger partial charge < -0.3 is 33.3 Å². The van der Waals surface area contributed by atoms with Crippen LogP contribution in [0.5, 0.6) is 0 Å². The quantitative estimate of drug-likeness (QED) is 0.0195. The minimum Gasteiger partial charge on any atom is -0.545 e. The summed E-state index contributed by atoms with van der Waals surface area (Å²) in [6.45, 7) is 4.42. The van der Waals surface area contributed by atoms with Crippen LogP contribution in [-0.2, 0) is 33.3 Å². The molecule has 0 aliphatic heterocycles. The Hall–Kier alpha value is -4.83. The summed E-state index contributed by atoms with van der Waals surface area (Å²) in [5.41, 5.74) is 0. The Morgan fingerprint density at radius 2 is 0.733 bits per heavy atom. The number of carbonyl (C=O) groups excluding carboxylic acids is 3. The first-order valence-corrected chi connectivity index (χ1v) is 29.0. The van der Waals surface area contributed by atoms with Gasteiger partial charge in [-0.25, -0.2) is 0 Å². The number of ether oxygens (including phenoxy) is 4. The van der Waals surface area contributed by atoms with Crippen LogP contribution in [0.25, 0.3) is 0 Å². The predicted molar refractivity (Wildman–Crippen MR) is 315 cm³/mol. The molecular weight excluding hydrogens is 935 g/mol. The molecule has 0 radical (unpaired) electrons. The van der Waals surface area contributed by atoms with E-state index in [9.17, 15) is 19.5 Å². The second-order valence-corrected chi connectivity index (χ2v) is 19.8. The van der Waals surface area contributed by atoms with Gasteiger partial charge in [-0.05, 0) is 109 Å². The highest BCUT2D eigenvalue weighted by atomic mass is 16.7. The molecule has 0 saturated carbocycles. The number of nitrogens with zero attached hydrogens (tertiary/aromatic N) is 1. The standard InChI is InChI=1S/C66H105NO8/c1-6-8-10-12-14-16-18-20-22-24-25-26-27-28-29-30-31-32-33-34-35-36-37-38-39-41-43-45-47-49-51-53-55-57-64(69)75-62(61-74-66(65(70)71)72-59-58-67(3,4)5)60-73-63(68)56-54-52-50-48-46-44-42-40-23-21-19-17-15-13-11-9-7-2/h8-11,14-17,20-23,25-26,28-29,31-32,34-35,42,44,48,50,62,66H,6-7,12-13,18-19,24,27,30,33,36-41,43,45-47,49,51-61H2,1-5H3/b10-8-,11-9-,16-14-,17-15-,22-20-,23-21-,26-25-,29-28-,32-31-,35-34-,44-42-,50-48-. The van der Waals surface area contributed by atoms with Crippen molar-refractivity contribution in [2.75, 3.05) is 47.5 Å². The third kappa shape index (κ3) is 56.7. The maximum Gasteiger partial charge on any atom is 0.306 e. The number of aliphatic carboxylic acids is 1. The van der Waals surface area contributed by atoms with Gasteiger partial charge in [0.25, 0.3) is 0 Å². The molecular formula is C66H105NO8. The van der Waals surface area contributed by atoms with E-state index in [1.807, 2.05) is 21.1 Å². The zero-order valence-corrected chi connectivity index (χ0v) is 47.9. The number of carboxylic acid groups (broad SMARTS) is 1. The van der Waals surface area contributed by atoms with E-state index in [-0.39, 0.29) is 32.7 Å². The zero-order valence-electron chi connectivity index (χ0n) is 47.9. The summed E-state index contributed by atoms with van der Waals surface area (Å²) in [5.74, 6) is -2.38. The van der Waals surface area contributed by atoms with Crippen molar-refractivity contribution < 1.29 is 42.9 Å². The summed E-state index contributed by atoms with van der Waals surface area (Å²) in [7, 11) is 5.89. The lowest BCUT2D eigenvalue weighted by molar-refractivity contribution is -0.870. The molecule has 0 rings (SSSR count). The van der Waals surface area contributed by atoms with Crippen LogP contribution in [0.4, 0.5) is 0 Å². The zero-order chi connectivity index (χ0) is 54.8. The third-order valence-electron chi connectivity index (χ3n) is 11.6. The van der Waals surface area contributed by atoms with Gasteiger partial charge in [-0.2, -0.15) is 0 Å². The molecule has 0 aliphatic rings. The fourth-order valence-electron chi connectivity index (χ4n) is 7.20. The molecule has 2 unspecified atom stereocenters. The molecule has 2 atom stereocenters. The molecule has 75 heavy (non-hydrogen) atoms. The van der Waals surface area contributed by atoms with Crippen LogP contribution in [0.1, 0.15) is 194 Å². The normalized spacial score (nSPS) is 13.9. The van der Waals surface area contributed by atoms with Crippen LogP contribution in [0.15, 0.2) is 146 Å². The lowest BCUT2D eigenvalue weighted by Gasteiger charge is -2.26. The Labute approximate surface area is 458 Å². The second-order valence-electron chi connectivity index (χ2n) is 19.8. The molecule has 9 nitrogen and oxygen atoms in total. The molecule has 0 spiro atoms. The van der Waals surface area contributed by atoms with Crippen molar-refractivity contribution in [2.24, 2.45) is 0 Å². The lowest BCUT2D eigenvalue weighted by Crippen LogP contribution is -2.44. The molecule has 0 aliphatic carbocycles. The van der Waals surface area contributed by atoms with Gasteiger partial charge in [-0.1, -0.05) is 217 Å². The summed E-state index contributed by atoms with van der Waals surface area (Å²) in [6.07, 6.45) is 77.6. The van der Waals surface area contributed by atoms with E-state index in [2.05, 4.69) is 160 Å². The fraction of sp³-hybridized carbons (Fsp3) is 0.591. The Morgan fingerprint density at radius 3 is 1.11 bits per heavy atom. The Bertz CT molecular complexity index is 1730. The number of esters is 2. The van der Waals surface area contributed by atoms with Gasteiger partial charge in [-0.15, -0.1) is 0 Å². The smallest absolute Gasteiger partial charge is 0.306 e. The van der Waals surface area contributed by atoms with Gasteiger partial charge in [0.2, 0.25) is 0 Å². The Morgan fingerprint density at radius 1 is 0.400 bits per heavy atom. The summed E-state index contributed by atoms with van der Waals surface area (Å²) in [5, 5.41) is 11.8. The number of allylic oxidation sites excluding steroid dienone is 24. The molecule has 0 amide bonds. The monoisotopic (exact) mass is 1040 g/mol. The number of hydrogen-bond donors (Lipinski definition) is 0. The van der Waals surface area contributed by atoms with E-state index in [1.54, 1.807) is 0 Å². The average Bonchev–Trinajstić information content (AvgIpc) is 3.38. The first-order chi connectivity index (χ1) is 36.6. The molecule has 0 aromatic carbocycles. The molecule has 0 heterocycles. The van der Waals surface area contributed by atoms with Crippen molar-refractivity contribution in [3.05, 3.63) is 146 Å². The van der Waals surface area contributed by atoms with E-state index in [0.717, 1.165) is 109 Å². The molecule has 0 aromatic rings. The number of carbonyl (C=O) groups is 3. The summed E-state index contributed by atoms with van der Waals surface area (Å²) < 4.78 is 22.6. The van der Waals surface area contributed by atoms with E-state index in [1.165, 1.54) is 44.9 Å². The van der Waals surface area contributed by atoms with Gasteiger partial charge in [0.05, 0.1) is 40.3 Å². The third-order valence-corrected chi connectivity index (χ3v) is 11.6. The number of likely N-dealkylation sites (N-methyl/N-ethyl adjacent to an activating group) is 1. The van der Waals surface area contributed by atoms with Crippen LogP contribution >= 0.6 is 0 Å². The SMILES string of the molecule is CC/C=C\C/C=C\C/C=C\C/C=C\C/C=C\C/C=C\C/C=C\CCCCCCCCCCCCCC(=O)OC(COC(=O)CCC/C=C\C/C=C\C/C=C\C/C=C\C/C=C\CC)COC(OCC[N+](C)(C)C)C(=O)[O-]. The molecule has 9 heteroatoms. The molecule has 0 N–H and O–H groups in total. The van der Waals surface area contributed by atoms with Crippen molar-refractivity contribution in [3.8, 4) is 0 Å². The van der Waals surface area contributed by atoms with E-state index in [4.69, 9.17) is 18.9 Å². The minimum atomic E-state index is -1.64. The minimum absolute atomic E-state index is 0.130.